The van der Waals surface area contributed by atoms with E-state index < -0.39 is 37.2 Å². The quantitative estimate of drug-likeness (QED) is 0.0688. The summed E-state index contributed by atoms with van der Waals surface area (Å²) in [7, 11) is 5.98. The Labute approximate surface area is 286 Å². The van der Waals surface area contributed by atoms with Crippen LogP contribution in [-0.4, -0.2) is 69.4 Å². The van der Waals surface area contributed by atoms with Gasteiger partial charge in [0.05, 0.1) is 19.3 Å². The Morgan fingerprint density at radius 3 is 2.17 bits per heavy atom. The molecule has 3 aliphatic rings. The smallest absolute Gasteiger partial charge is 0.435 e. The number of hydrogen-bond donors (Lipinski definition) is 0. The van der Waals surface area contributed by atoms with Gasteiger partial charge < -0.3 is 14.2 Å². The third-order valence-corrected chi connectivity index (χ3v) is 13.0. The van der Waals surface area contributed by atoms with Crippen molar-refractivity contribution < 1.29 is 53.7 Å². The zero-order valence-electron chi connectivity index (χ0n) is 27.5. The normalized spacial score (nSPS) is 26.2. The average molecular weight is 737 g/mol. The maximum atomic E-state index is 13.1. The highest BCUT2D eigenvalue weighted by Crippen LogP contribution is 2.62. The molecule has 3 nitrogen and oxygen atoms in total. The van der Waals surface area contributed by atoms with Crippen LogP contribution >= 0.6 is 21.6 Å². The molecule has 0 saturated heterocycles. The summed E-state index contributed by atoms with van der Waals surface area (Å²) >= 11 is 0. The first-order valence-electron chi connectivity index (χ1n) is 17.0. The molecule has 1 aromatic carbocycles. The third kappa shape index (κ3) is 8.74. The lowest BCUT2D eigenvalue weighted by atomic mass is 9.55. The first kappa shape index (κ1) is 39.9. The van der Waals surface area contributed by atoms with E-state index in [9.17, 15) is 39.5 Å². The minimum atomic E-state index is -6.73. The number of alkyl halides is 9. The number of halogens is 9. The van der Waals surface area contributed by atoms with Gasteiger partial charge in [-0.25, -0.2) is 0 Å². The Balaban J connectivity index is 1.24. The number of fused-ring (bicyclic) bond motifs is 5. The monoisotopic (exact) mass is 736 g/mol. The summed E-state index contributed by atoms with van der Waals surface area (Å²) in [5.74, 6) is 4.11. The largest absolute Gasteiger partial charge is 0.493 e. The molecule has 4 rings (SSSR count). The number of unbranched alkanes of at least 4 members (excludes halogenated alkanes) is 3. The third-order valence-electron chi connectivity index (χ3n) is 10.6. The first-order chi connectivity index (χ1) is 22.6. The minimum absolute atomic E-state index is 0.235. The number of hydrogen-bond acceptors (Lipinski definition) is 5. The molecule has 2 saturated carbocycles. The molecule has 0 aliphatic heterocycles. The van der Waals surface area contributed by atoms with Gasteiger partial charge in [-0.2, -0.15) is 39.5 Å². The second-order valence-corrected chi connectivity index (χ2v) is 16.2. The maximum Gasteiger partial charge on any atom is 0.435 e. The molecular formula is C33H46BF9O3S2. The molecule has 0 spiro atoms. The van der Waals surface area contributed by atoms with Crippen LogP contribution in [0.3, 0.4) is 0 Å². The summed E-state index contributed by atoms with van der Waals surface area (Å²) in [6, 6.07) is 6.40. The van der Waals surface area contributed by atoms with E-state index >= 15 is 0 Å². The fraction of sp³-hybridized carbons (Fsp3) is 0.818. The van der Waals surface area contributed by atoms with E-state index in [1.54, 1.807) is 0 Å². The highest BCUT2D eigenvalue weighted by atomic mass is 33.1. The van der Waals surface area contributed by atoms with Crippen molar-refractivity contribution >= 4 is 29.4 Å². The molecule has 2 fully saturated rings. The number of rotatable bonds is 17. The topological polar surface area (TPSA) is 27.7 Å². The van der Waals surface area contributed by atoms with Gasteiger partial charge in [-0.15, -0.1) is 0 Å². The standard InChI is InChI=1S/C33H46BF9O3S2/c1-29-14-13-25-24-10-8-23(44-18-20-48-47-19-5-3-2-4-15-34)21-22(24)7-9-26(25)27(29)11-12-28(29)45-16-6-17-46-30(31(35,36)37,32(38,39)40)33(41,42)43/h8,10,21,25-28H,2-7,9,11-20,34H2,1H3. The lowest BCUT2D eigenvalue weighted by Crippen LogP contribution is -2.67. The Bertz CT molecular complexity index is 1130. The molecule has 1 aromatic rings. The van der Waals surface area contributed by atoms with Crippen molar-refractivity contribution in [3.63, 3.8) is 0 Å². The highest BCUT2D eigenvalue weighted by Gasteiger charge is 2.85. The van der Waals surface area contributed by atoms with Gasteiger partial charge in [-0.1, -0.05) is 60.2 Å². The second kappa shape index (κ2) is 16.6. The molecule has 3 aliphatic carbocycles. The second-order valence-electron chi connectivity index (χ2n) is 13.5. The number of aryl methyl sites for hydroxylation is 1. The van der Waals surface area contributed by atoms with Gasteiger partial charge in [0.25, 0.3) is 0 Å². The Morgan fingerprint density at radius 2 is 1.48 bits per heavy atom. The van der Waals surface area contributed by atoms with E-state index in [0.29, 0.717) is 30.8 Å². The number of ether oxygens (including phenoxy) is 3. The molecule has 274 valence electrons. The van der Waals surface area contributed by atoms with Crippen LogP contribution in [0.15, 0.2) is 18.2 Å². The summed E-state index contributed by atoms with van der Waals surface area (Å²) in [5, 5.41) is 0. The van der Waals surface area contributed by atoms with E-state index in [0.717, 1.165) is 43.6 Å². The van der Waals surface area contributed by atoms with Crippen molar-refractivity contribution in [1.82, 2.24) is 0 Å². The average Bonchev–Trinajstić information content (AvgIpc) is 3.33. The van der Waals surface area contributed by atoms with Gasteiger partial charge >= 0.3 is 24.1 Å². The molecule has 0 bridgehead atoms. The van der Waals surface area contributed by atoms with Gasteiger partial charge in [0.1, 0.15) is 13.6 Å². The molecule has 5 atom stereocenters. The molecule has 0 radical (unpaired) electrons. The van der Waals surface area contributed by atoms with Gasteiger partial charge in [-0.05, 0) is 97.8 Å². The van der Waals surface area contributed by atoms with Gasteiger partial charge in [0, 0.05) is 18.1 Å². The molecule has 0 aromatic heterocycles. The molecule has 5 unspecified atom stereocenters. The lowest BCUT2D eigenvalue weighted by molar-refractivity contribution is -0.457. The van der Waals surface area contributed by atoms with Crippen molar-refractivity contribution in [2.24, 2.45) is 17.3 Å². The zero-order valence-corrected chi connectivity index (χ0v) is 29.1. The molecule has 15 heteroatoms. The Kier molecular flexibility index (Phi) is 13.8. The van der Waals surface area contributed by atoms with Gasteiger partial charge in [-0.3, -0.25) is 0 Å². The minimum Gasteiger partial charge on any atom is -0.493 e. The van der Waals surface area contributed by atoms with Crippen molar-refractivity contribution in [2.45, 2.75) is 120 Å². The molecule has 0 N–H and O–H groups in total. The summed E-state index contributed by atoms with van der Waals surface area (Å²) < 4.78 is 134. The summed E-state index contributed by atoms with van der Waals surface area (Å²) in [6.45, 7) is 1.07. The van der Waals surface area contributed by atoms with Gasteiger partial charge in [0.15, 0.2) is 0 Å². The predicted octanol–water partition coefficient (Wildman–Crippen LogP) is 10.1. The zero-order chi connectivity index (χ0) is 35.2. The van der Waals surface area contributed by atoms with Crippen molar-refractivity contribution in [3.8, 4) is 5.75 Å². The van der Waals surface area contributed by atoms with Crippen LogP contribution < -0.4 is 4.74 Å². The van der Waals surface area contributed by atoms with Crippen LogP contribution in [0, 0.1) is 17.3 Å². The van der Waals surface area contributed by atoms with Crippen LogP contribution in [0.2, 0.25) is 6.32 Å². The fourth-order valence-corrected chi connectivity index (χ4v) is 10.2. The van der Waals surface area contributed by atoms with Gasteiger partial charge in [0.2, 0.25) is 0 Å². The van der Waals surface area contributed by atoms with E-state index in [1.165, 1.54) is 48.9 Å². The number of benzene rings is 1. The van der Waals surface area contributed by atoms with Crippen LogP contribution in [-0.2, 0) is 15.9 Å². The van der Waals surface area contributed by atoms with Crippen molar-refractivity contribution in [1.29, 1.82) is 0 Å². The van der Waals surface area contributed by atoms with Crippen LogP contribution in [0.25, 0.3) is 0 Å². The molecule has 0 heterocycles. The summed E-state index contributed by atoms with van der Waals surface area (Å²) in [4.78, 5) is 0. The summed E-state index contributed by atoms with van der Waals surface area (Å²) in [5.41, 5.74) is -3.82. The molecule has 0 amide bonds. The van der Waals surface area contributed by atoms with Crippen LogP contribution in [0.4, 0.5) is 39.5 Å². The summed E-state index contributed by atoms with van der Waals surface area (Å²) in [6.07, 6.45) is -9.34. The Hall–Kier alpha value is -0.925. The van der Waals surface area contributed by atoms with E-state index in [1.807, 2.05) is 27.7 Å². The molecular weight excluding hydrogens is 690 g/mol. The van der Waals surface area contributed by atoms with Crippen LogP contribution in [0.1, 0.15) is 88.2 Å². The van der Waals surface area contributed by atoms with Crippen molar-refractivity contribution in [3.05, 3.63) is 29.3 Å². The van der Waals surface area contributed by atoms with E-state index in [4.69, 9.17) is 9.47 Å². The first-order valence-corrected chi connectivity index (χ1v) is 19.5. The fourth-order valence-electron chi connectivity index (χ4n) is 8.19. The van der Waals surface area contributed by atoms with E-state index in [-0.39, 0.29) is 18.1 Å². The lowest BCUT2D eigenvalue weighted by Gasteiger charge is -2.50. The van der Waals surface area contributed by atoms with Crippen LogP contribution in [0.5, 0.6) is 5.75 Å². The Morgan fingerprint density at radius 1 is 0.792 bits per heavy atom. The predicted molar refractivity (Wildman–Crippen MR) is 174 cm³/mol. The van der Waals surface area contributed by atoms with Crippen molar-refractivity contribution in [2.75, 3.05) is 31.3 Å². The SMILES string of the molecule is BCCCCCCSSCCOc1ccc2c(c1)CCC1C2CCC2(C)C(OCCCOC(C(F)(F)F)(C(F)(F)F)C(F)(F)F)CCC12. The van der Waals surface area contributed by atoms with E-state index in [2.05, 4.69) is 31.6 Å². The highest BCUT2D eigenvalue weighted by molar-refractivity contribution is 8.76. The maximum absolute atomic E-state index is 13.1. The molecule has 48 heavy (non-hydrogen) atoms.